The maximum Gasteiger partial charge on any atom is 0.412 e. The van der Waals surface area contributed by atoms with Crippen LogP contribution in [-0.2, 0) is 16.0 Å². The van der Waals surface area contributed by atoms with Crippen molar-refractivity contribution in [1.82, 2.24) is 34.8 Å². The van der Waals surface area contributed by atoms with Crippen molar-refractivity contribution < 1.29 is 33.1 Å². The number of pyridine rings is 1. The minimum atomic E-state index is -0.692. The third-order valence-electron chi connectivity index (χ3n) is 12.8. The number of carbonyl (C=O) groups is 5. The number of nitrogens with two attached hydrogens (primary N) is 1. The Labute approximate surface area is 380 Å². The molecule has 1 unspecified atom stereocenters. The lowest BCUT2D eigenvalue weighted by Gasteiger charge is -2.40. The lowest BCUT2D eigenvalue weighted by Crippen LogP contribution is -2.55. The van der Waals surface area contributed by atoms with Gasteiger partial charge in [0, 0.05) is 108 Å². The Morgan fingerprint density at radius 2 is 1.49 bits per heavy atom. The van der Waals surface area contributed by atoms with Gasteiger partial charge in [-0.25, -0.2) is 14.2 Å². The summed E-state index contributed by atoms with van der Waals surface area (Å²) in [5, 5.41) is 14.8. The first kappa shape index (κ1) is 47.2. The number of nitrogens with one attached hydrogen (secondary N) is 3. The molecule has 65 heavy (non-hydrogen) atoms. The van der Waals surface area contributed by atoms with Crippen molar-refractivity contribution in [2.45, 2.75) is 64.4 Å². The highest BCUT2D eigenvalue weighted by molar-refractivity contribution is 6.09. The molecule has 0 aliphatic carbocycles. The number of primary amides is 1. The zero-order chi connectivity index (χ0) is 46.3. The highest BCUT2D eigenvalue weighted by Gasteiger charge is 2.32. The quantitative estimate of drug-likeness (QED) is 0.191. The van der Waals surface area contributed by atoms with Crippen LogP contribution in [0.4, 0.5) is 14.9 Å². The summed E-state index contributed by atoms with van der Waals surface area (Å²) in [5.41, 5.74) is 7.58. The van der Waals surface area contributed by atoms with Gasteiger partial charge in [-0.3, -0.25) is 29.4 Å². The fourth-order valence-electron chi connectivity index (χ4n) is 9.21. The van der Waals surface area contributed by atoms with Gasteiger partial charge in [-0.1, -0.05) is 24.3 Å². The number of benzene rings is 2. The lowest BCUT2D eigenvalue weighted by atomic mass is 9.92. The molecule has 5 amide bonds. The summed E-state index contributed by atoms with van der Waals surface area (Å²) in [5.74, 6) is -1.29. The fraction of sp³-hybridized carbons (Fsp3) is 0.521. The standard InChI is InChI=1S/C48H63FN10O6/c1-48(2,3)65-47(64)54-41-27-35(34-7-6-14-52-28-34)29-53-43(41)46(63)58-15-12-32(13-16-58)30-55-17-19-56(20-18-55)31-42(60)57-21-23-59(24-22-57)45(62)38-25-33(10-11-39(38)49)26-40(50)36-8-4-5-9-37(36)44(51)61/h4-5,8-11,25,27,29,32,34,50,52H,6-7,12-24,26,28,30-31H2,1-3H3,(H2,51,61)(H,54,64). The number of nitrogens with zero attached hydrogens (tertiary/aromatic N) is 6. The van der Waals surface area contributed by atoms with Crippen LogP contribution in [0, 0.1) is 17.1 Å². The number of aromatic nitrogens is 1. The SMILES string of the molecule is CC(C)(C)OC(=O)Nc1cc(C2CCCNC2)cnc1C(=O)N1CCC(CN2CCN(CC(=O)N3CCN(C(=O)c4cc(CC(=N)c5ccccc5C(N)=O)ccc4F)CC3)CC2)CC1. The average Bonchev–Trinajstić information content (AvgIpc) is 3.29. The third-order valence-corrected chi connectivity index (χ3v) is 12.8. The molecule has 0 saturated carbocycles. The van der Waals surface area contributed by atoms with Crippen molar-refractivity contribution in [3.63, 3.8) is 0 Å². The molecule has 348 valence electrons. The number of amides is 5. The first-order chi connectivity index (χ1) is 31.1. The van der Waals surface area contributed by atoms with Crippen LogP contribution in [0.2, 0.25) is 0 Å². The van der Waals surface area contributed by atoms with E-state index < -0.39 is 29.3 Å². The van der Waals surface area contributed by atoms with E-state index in [1.165, 1.54) is 18.2 Å². The molecule has 0 radical (unpaired) electrons. The largest absolute Gasteiger partial charge is 0.444 e. The molecule has 2 aromatic carbocycles. The summed E-state index contributed by atoms with van der Waals surface area (Å²) in [6.07, 6.45) is 5.01. The van der Waals surface area contributed by atoms with E-state index in [0.29, 0.717) is 55.5 Å². The number of hydrogen-bond acceptors (Lipinski definition) is 11. The van der Waals surface area contributed by atoms with Crippen molar-refractivity contribution >= 4 is 41.1 Å². The molecule has 1 atom stereocenters. The van der Waals surface area contributed by atoms with Crippen LogP contribution in [0.5, 0.6) is 0 Å². The van der Waals surface area contributed by atoms with Gasteiger partial charge in [-0.2, -0.15) is 0 Å². The molecule has 3 aromatic rings. The molecule has 16 nitrogen and oxygen atoms in total. The summed E-state index contributed by atoms with van der Waals surface area (Å²) in [7, 11) is 0. The fourth-order valence-corrected chi connectivity index (χ4v) is 9.21. The number of ether oxygens (including phenoxy) is 1. The molecule has 4 aliphatic rings. The first-order valence-electron chi connectivity index (χ1n) is 22.9. The molecule has 1 aromatic heterocycles. The molecule has 0 bridgehead atoms. The van der Waals surface area contributed by atoms with Gasteiger partial charge in [-0.05, 0) is 100 Å². The Morgan fingerprint density at radius 1 is 0.831 bits per heavy atom. The Bertz CT molecular complexity index is 2240. The van der Waals surface area contributed by atoms with Crippen molar-refractivity contribution in [1.29, 1.82) is 5.41 Å². The van der Waals surface area contributed by atoms with Gasteiger partial charge in [0.1, 0.15) is 11.4 Å². The number of piperazine rings is 2. The molecule has 7 rings (SSSR count). The molecule has 5 N–H and O–H groups in total. The first-order valence-corrected chi connectivity index (χ1v) is 22.9. The van der Waals surface area contributed by atoms with E-state index in [1.807, 2.05) is 11.0 Å². The molecular formula is C48H63FN10O6. The zero-order valence-corrected chi connectivity index (χ0v) is 37.9. The van der Waals surface area contributed by atoms with Crippen molar-refractivity contribution in [2.75, 3.05) is 96.9 Å². The number of halogens is 1. The van der Waals surface area contributed by atoms with E-state index in [1.54, 1.807) is 61.0 Å². The second-order valence-corrected chi connectivity index (χ2v) is 18.7. The van der Waals surface area contributed by atoms with Crippen LogP contribution in [0.15, 0.2) is 54.7 Å². The second kappa shape index (κ2) is 21.0. The molecule has 0 spiro atoms. The smallest absolute Gasteiger partial charge is 0.412 e. The minimum Gasteiger partial charge on any atom is -0.444 e. The van der Waals surface area contributed by atoms with Gasteiger partial charge in [0.25, 0.3) is 11.8 Å². The second-order valence-electron chi connectivity index (χ2n) is 18.7. The number of likely N-dealkylation sites (tertiary alicyclic amines) is 1. The number of hydrogen-bond donors (Lipinski definition) is 4. The van der Waals surface area contributed by atoms with Crippen LogP contribution < -0.4 is 16.4 Å². The van der Waals surface area contributed by atoms with Crippen LogP contribution in [0.1, 0.15) is 100 Å². The van der Waals surface area contributed by atoms with Crippen LogP contribution in [0.3, 0.4) is 0 Å². The van der Waals surface area contributed by atoms with Crippen LogP contribution in [0.25, 0.3) is 0 Å². The van der Waals surface area contributed by atoms with Crippen molar-refractivity contribution in [3.8, 4) is 0 Å². The summed E-state index contributed by atoms with van der Waals surface area (Å²) >= 11 is 0. The topological polar surface area (TPSA) is 198 Å². The highest BCUT2D eigenvalue weighted by atomic mass is 19.1. The van der Waals surface area contributed by atoms with E-state index in [4.69, 9.17) is 15.9 Å². The maximum absolute atomic E-state index is 15.0. The monoisotopic (exact) mass is 894 g/mol. The molecule has 4 saturated heterocycles. The molecule has 4 aliphatic heterocycles. The van der Waals surface area contributed by atoms with Crippen molar-refractivity contribution in [3.05, 3.63) is 94.1 Å². The Morgan fingerprint density at radius 3 is 2.15 bits per heavy atom. The third kappa shape index (κ3) is 12.3. The summed E-state index contributed by atoms with van der Waals surface area (Å²) in [6.45, 7) is 14.0. The zero-order valence-electron chi connectivity index (χ0n) is 37.9. The molecular weight excluding hydrogens is 832 g/mol. The molecule has 17 heteroatoms. The van der Waals surface area contributed by atoms with Gasteiger partial charge in [0.2, 0.25) is 11.8 Å². The average molecular weight is 895 g/mol. The highest BCUT2D eigenvalue weighted by Crippen LogP contribution is 2.29. The van der Waals surface area contributed by atoms with Gasteiger partial charge in [-0.15, -0.1) is 0 Å². The van der Waals surface area contributed by atoms with Crippen LogP contribution >= 0.6 is 0 Å². The molecule has 5 heterocycles. The number of piperidine rings is 2. The van der Waals surface area contributed by atoms with E-state index in [-0.39, 0.29) is 59.8 Å². The number of rotatable bonds is 12. The Hall–Kier alpha value is -5.78. The van der Waals surface area contributed by atoms with E-state index in [9.17, 15) is 24.0 Å². The number of anilines is 1. The summed E-state index contributed by atoms with van der Waals surface area (Å²) in [4.78, 5) is 79.9. The summed E-state index contributed by atoms with van der Waals surface area (Å²) < 4.78 is 20.5. The minimum absolute atomic E-state index is 0.00472. The van der Waals surface area contributed by atoms with Gasteiger partial charge in [0.05, 0.1) is 17.8 Å². The van der Waals surface area contributed by atoms with Gasteiger partial charge < -0.3 is 40.8 Å². The number of carbonyl (C=O) groups excluding carboxylic acids is 5. The summed E-state index contributed by atoms with van der Waals surface area (Å²) in [6, 6.07) is 12.6. The Balaban J connectivity index is 0.837. The van der Waals surface area contributed by atoms with Crippen molar-refractivity contribution in [2.24, 2.45) is 11.7 Å². The lowest BCUT2D eigenvalue weighted by molar-refractivity contribution is -0.134. The predicted octanol–water partition coefficient (Wildman–Crippen LogP) is 4.20. The van der Waals surface area contributed by atoms with E-state index in [2.05, 4.69) is 25.4 Å². The predicted molar refractivity (Wildman–Crippen MR) is 245 cm³/mol. The van der Waals surface area contributed by atoms with Gasteiger partial charge in [0.15, 0.2) is 5.69 Å². The van der Waals surface area contributed by atoms with Gasteiger partial charge >= 0.3 is 6.09 Å². The Kier molecular flexibility index (Phi) is 15.3. The normalized spacial score (nSPS) is 19.1. The van der Waals surface area contributed by atoms with Crippen LogP contribution in [-0.4, -0.2) is 162 Å². The molecule has 4 fully saturated rings. The van der Waals surface area contributed by atoms with E-state index in [0.717, 1.165) is 77.1 Å². The van der Waals surface area contributed by atoms with E-state index >= 15 is 4.39 Å². The maximum atomic E-state index is 15.0.